The molecule has 2 N–H and O–H groups in total. The Kier molecular flexibility index (Phi) is 3.96. The van der Waals surface area contributed by atoms with Crippen LogP contribution in [-0.2, 0) is 0 Å². The molecule has 0 amide bonds. The van der Waals surface area contributed by atoms with Gasteiger partial charge in [0, 0.05) is 11.1 Å². The van der Waals surface area contributed by atoms with E-state index >= 15 is 0 Å². The lowest BCUT2D eigenvalue weighted by Gasteiger charge is -2.01. The summed E-state index contributed by atoms with van der Waals surface area (Å²) in [5, 5.41) is 18.5. The summed E-state index contributed by atoms with van der Waals surface area (Å²) in [6.45, 7) is 0. The molecule has 4 nitrogen and oxygen atoms in total. The lowest BCUT2D eigenvalue weighted by atomic mass is 10.1. The molecule has 4 heteroatoms. The number of carbonyl (C=O) groups is 2. The summed E-state index contributed by atoms with van der Waals surface area (Å²) in [5.74, 6) is -1.38. The minimum atomic E-state index is -1.09. The minimum Gasteiger partial charge on any atom is -0.507 e. The first-order chi connectivity index (χ1) is 9.58. The number of carbonyl (C=O) groups excluding carboxylic acids is 1. The fourth-order valence-corrected chi connectivity index (χ4v) is 1.69. The van der Waals surface area contributed by atoms with Crippen LogP contribution in [0, 0.1) is 0 Å². The number of rotatable bonds is 4. The second-order valence-corrected chi connectivity index (χ2v) is 4.14. The molecule has 0 radical (unpaired) electrons. The standard InChI is InChI=1S/C16H12O4/c17-14(11-4-2-1-3-5-11)8-6-12-10-13(16(19)20)7-9-15(12)18/h1-10,18H,(H,19,20). The maximum atomic E-state index is 11.9. The molecule has 0 aliphatic carbocycles. The minimum absolute atomic E-state index is 0.0506. The van der Waals surface area contributed by atoms with E-state index in [-0.39, 0.29) is 22.7 Å². The van der Waals surface area contributed by atoms with Crippen LogP contribution in [0.15, 0.2) is 54.6 Å². The number of phenols is 1. The Labute approximate surface area is 115 Å². The summed E-state index contributed by atoms with van der Waals surface area (Å²) in [5.41, 5.74) is 0.862. The highest BCUT2D eigenvalue weighted by molar-refractivity contribution is 6.07. The van der Waals surface area contributed by atoms with Crippen molar-refractivity contribution in [2.75, 3.05) is 0 Å². The predicted molar refractivity (Wildman–Crippen MR) is 74.9 cm³/mol. The van der Waals surface area contributed by atoms with Gasteiger partial charge < -0.3 is 10.2 Å². The average molecular weight is 268 g/mol. The molecule has 0 aliphatic heterocycles. The molecule has 2 aromatic rings. The van der Waals surface area contributed by atoms with Crippen LogP contribution in [0.3, 0.4) is 0 Å². The Morgan fingerprint density at radius 3 is 2.30 bits per heavy atom. The Balaban J connectivity index is 2.25. The van der Waals surface area contributed by atoms with Crippen LogP contribution in [-0.4, -0.2) is 22.0 Å². The van der Waals surface area contributed by atoms with Gasteiger partial charge >= 0.3 is 5.97 Å². The number of carboxylic acid groups (broad SMARTS) is 1. The van der Waals surface area contributed by atoms with Gasteiger partial charge in [-0.1, -0.05) is 30.3 Å². The molecule has 0 saturated carbocycles. The normalized spacial score (nSPS) is 10.6. The predicted octanol–water partition coefficient (Wildman–Crippen LogP) is 2.99. The van der Waals surface area contributed by atoms with E-state index in [1.165, 1.54) is 30.4 Å². The molecule has 20 heavy (non-hydrogen) atoms. The van der Waals surface area contributed by atoms with Crippen molar-refractivity contribution in [3.8, 4) is 5.75 Å². The Morgan fingerprint density at radius 2 is 1.65 bits per heavy atom. The first kappa shape index (κ1) is 13.5. The van der Waals surface area contributed by atoms with Gasteiger partial charge in [0.2, 0.25) is 0 Å². The average Bonchev–Trinajstić information content (AvgIpc) is 2.46. The number of phenolic OH excluding ortho intramolecular Hbond substituents is 1. The molecule has 0 bridgehead atoms. The molecule has 2 rings (SSSR count). The fraction of sp³-hybridized carbons (Fsp3) is 0. The fourth-order valence-electron chi connectivity index (χ4n) is 1.69. The third kappa shape index (κ3) is 3.11. The maximum absolute atomic E-state index is 11.9. The largest absolute Gasteiger partial charge is 0.507 e. The number of hydrogen-bond acceptors (Lipinski definition) is 3. The van der Waals surface area contributed by atoms with Crippen LogP contribution in [0.1, 0.15) is 26.3 Å². The number of carboxylic acids is 1. The zero-order valence-corrected chi connectivity index (χ0v) is 10.5. The zero-order valence-electron chi connectivity index (χ0n) is 10.5. The van der Waals surface area contributed by atoms with Gasteiger partial charge in [-0.2, -0.15) is 0 Å². The second kappa shape index (κ2) is 5.84. The van der Waals surface area contributed by atoms with Gasteiger partial charge in [0.1, 0.15) is 5.75 Å². The number of ketones is 1. The molecule has 0 saturated heterocycles. The highest BCUT2D eigenvalue weighted by Crippen LogP contribution is 2.20. The maximum Gasteiger partial charge on any atom is 0.335 e. The van der Waals surface area contributed by atoms with Crippen LogP contribution < -0.4 is 0 Å². The van der Waals surface area contributed by atoms with Gasteiger partial charge in [0.25, 0.3) is 0 Å². The molecule has 0 spiro atoms. The number of aromatic carboxylic acids is 1. The molecular formula is C16H12O4. The van der Waals surface area contributed by atoms with Gasteiger partial charge in [0.05, 0.1) is 5.56 Å². The summed E-state index contributed by atoms with van der Waals surface area (Å²) in [6.07, 6.45) is 2.70. The van der Waals surface area contributed by atoms with E-state index in [9.17, 15) is 14.7 Å². The Hall–Kier alpha value is -2.88. The van der Waals surface area contributed by atoms with Crippen molar-refractivity contribution >= 4 is 17.8 Å². The molecule has 100 valence electrons. The molecule has 0 unspecified atom stereocenters. The lowest BCUT2D eigenvalue weighted by Crippen LogP contribution is -1.96. The van der Waals surface area contributed by atoms with E-state index < -0.39 is 5.97 Å². The van der Waals surface area contributed by atoms with Crippen molar-refractivity contribution in [2.45, 2.75) is 0 Å². The Morgan fingerprint density at radius 1 is 0.950 bits per heavy atom. The number of hydrogen-bond donors (Lipinski definition) is 2. The molecule has 2 aromatic carbocycles. The van der Waals surface area contributed by atoms with Crippen LogP contribution in [0.2, 0.25) is 0 Å². The number of allylic oxidation sites excluding steroid dienone is 1. The van der Waals surface area contributed by atoms with E-state index in [0.29, 0.717) is 5.56 Å². The van der Waals surface area contributed by atoms with Crippen molar-refractivity contribution in [1.29, 1.82) is 0 Å². The van der Waals surface area contributed by atoms with E-state index in [1.54, 1.807) is 24.3 Å². The monoisotopic (exact) mass is 268 g/mol. The molecule has 0 atom stereocenters. The van der Waals surface area contributed by atoms with E-state index in [4.69, 9.17) is 5.11 Å². The van der Waals surface area contributed by atoms with E-state index in [2.05, 4.69) is 0 Å². The topological polar surface area (TPSA) is 74.6 Å². The lowest BCUT2D eigenvalue weighted by molar-refractivity contribution is 0.0696. The first-order valence-electron chi connectivity index (χ1n) is 5.91. The zero-order chi connectivity index (χ0) is 14.5. The molecule has 0 aliphatic rings. The van der Waals surface area contributed by atoms with Gasteiger partial charge in [-0.25, -0.2) is 4.79 Å². The van der Waals surface area contributed by atoms with Crippen molar-refractivity contribution < 1.29 is 19.8 Å². The highest BCUT2D eigenvalue weighted by Gasteiger charge is 2.06. The summed E-state index contributed by atoms with van der Waals surface area (Å²) >= 11 is 0. The van der Waals surface area contributed by atoms with Gasteiger partial charge in [0.15, 0.2) is 5.78 Å². The summed E-state index contributed by atoms with van der Waals surface area (Å²) in [4.78, 5) is 22.7. The quantitative estimate of drug-likeness (QED) is 0.660. The van der Waals surface area contributed by atoms with Crippen LogP contribution >= 0.6 is 0 Å². The summed E-state index contributed by atoms with van der Waals surface area (Å²) < 4.78 is 0. The van der Waals surface area contributed by atoms with Crippen molar-refractivity contribution in [3.63, 3.8) is 0 Å². The SMILES string of the molecule is O=C(O)c1ccc(O)c(C=CC(=O)c2ccccc2)c1. The van der Waals surface area contributed by atoms with Gasteiger partial charge in [-0.3, -0.25) is 4.79 Å². The molecule has 0 aromatic heterocycles. The van der Waals surface area contributed by atoms with Gasteiger partial charge in [-0.05, 0) is 30.4 Å². The first-order valence-corrected chi connectivity index (χ1v) is 5.91. The van der Waals surface area contributed by atoms with Crippen molar-refractivity contribution in [1.82, 2.24) is 0 Å². The number of aromatic hydroxyl groups is 1. The highest BCUT2D eigenvalue weighted by atomic mass is 16.4. The molecular weight excluding hydrogens is 256 g/mol. The van der Waals surface area contributed by atoms with E-state index in [0.717, 1.165) is 0 Å². The number of benzene rings is 2. The third-order valence-corrected chi connectivity index (χ3v) is 2.75. The van der Waals surface area contributed by atoms with Gasteiger partial charge in [-0.15, -0.1) is 0 Å². The molecule has 0 fully saturated rings. The smallest absolute Gasteiger partial charge is 0.335 e. The second-order valence-electron chi connectivity index (χ2n) is 4.14. The summed E-state index contributed by atoms with van der Waals surface area (Å²) in [6, 6.07) is 12.6. The van der Waals surface area contributed by atoms with Crippen molar-refractivity contribution in [3.05, 3.63) is 71.3 Å². The summed E-state index contributed by atoms with van der Waals surface area (Å²) in [7, 11) is 0. The Bertz CT molecular complexity index is 672. The third-order valence-electron chi connectivity index (χ3n) is 2.75. The van der Waals surface area contributed by atoms with Crippen molar-refractivity contribution in [2.24, 2.45) is 0 Å². The van der Waals surface area contributed by atoms with Crippen LogP contribution in [0.4, 0.5) is 0 Å². The van der Waals surface area contributed by atoms with Crippen LogP contribution in [0.5, 0.6) is 5.75 Å². The van der Waals surface area contributed by atoms with E-state index in [1.807, 2.05) is 6.07 Å². The van der Waals surface area contributed by atoms with Crippen LogP contribution in [0.25, 0.3) is 6.08 Å². The molecule has 0 heterocycles.